The van der Waals surface area contributed by atoms with E-state index in [9.17, 15) is 9.59 Å². The number of amides is 2. The first-order valence-corrected chi connectivity index (χ1v) is 7.08. The lowest BCUT2D eigenvalue weighted by Crippen LogP contribution is -2.28. The lowest BCUT2D eigenvalue weighted by Gasteiger charge is -2.13. The summed E-state index contributed by atoms with van der Waals surface area (Å²) in [4.78, 5) is 23.9. The minimum absolute atomic E-state index is 0.165. The first kappa shape index (κ1) is 16.7. The van der Waals surface area contributed by atoms with Crippen LogP contribution in [-0.2, 0) is 9.53 Å². The van der Waals surface area contributed by atoms with Crippen LogP contribution in [0.2, 0.25) is 0 Å². The molecule has 122 valence electrons. The number of hydrogen-bond donors (Lipinski definition) is 3. The van der Waals surface area contributed by atoms with Crippen molar-refractivity contribution < 1.29 is 18.7 Å². The molecule has 0 spiro atoms. The predicted octanol–water partition coefficient (Wildman–Crippen LogP) is 1.83. The zero-order valence-electron chi connectivity index (χ0n) is 12.7. The van der Waals surface area contributed by atoms with Crippen LogP contribution in [0.25, 0.3) is 0 Å². The molecule has 0 aliphatic rings. The van der Waals surface area contributed by atoms with Gasteiger partial charge in [-0.25, -0.2) is 0 Å². The molecule has 0 bridgehead atoms. The minimum atomic E-state index is -0.320. The van der Waals surface area contributed by atoms with Crippen LogP contribution in [0.15, 0.2) is 47.3 Å². The summed E-state index contributed by atoms with van der Waals surface area (Å²) in [6.07, 6.45) is 2.63. The lowest BCUT2D eigenvalue weighted by molar-refractivity contribution is -0.118. The number of furan rings is 1. The first-order valence-electron chi connectivity index (χ1n) is 7.08. The maximum atomic E-state index is 11.9. The van der Waals surface area contributed by atoms with Gasteiger partial charge in [0.05, 0.1) is 24.4 Å². The van der Waals surface area contributed by atoms with Gasteiger partial charge in [-0.15, -0.1) is 0 Å². The van der Waals surface area contributed by atoms with Gasteiger partial charge in [0.1, 0.15) is 6.26 Å². The Morgan fingerprint density at radius 3 is 2.61 bits per heavy atom. The third kappa shape index (κ3) is 4.94. The Bertz CT molecular complexity index is 651. The molecule has 0 saturated carbocycles. The standard InChI is InChI=1S/C16H19N3O4/c1-22-14(9-17)8-15(20)18-12-3-2-4-13(7-12)19-16(21)11-5-6-23-10-11/h2-7,10,14H,8-9,17H2,1H3,(H,18,20)(H,19,21). The fourth-order valence-corrected chi connectivity index (χ4v) is 1.95. The van der Waals surface area contributed by atoms with Crippen LogP contribution >= 0.6 is 0 Å². The summed E-state index contributed by atoms with van der Waals surface area (Å²) in [5.74, 6) is -0.495. The second-order valence-corrected chi connectivity index (χ2v) is 4.89. The van der Waals surface area contributed by atoms with Crippen molar-refractivity contribution in [3.05, 3.63) is 48.4 Å². The van der Waals surface area contributed by atoms with Crippen molar-refractivity contribution in [1.82, 2.24) is 0 Å². The fourth-order valence-electron chi connectivity index (χ4n) is 1.95. The smallest absolute Gasteiger partial charge is 0.258 e. The maximum Gasteiger partial charge on any atom is 0.258 e. The Balaban J connectivity index is 1.97. The molecule has 2 aromatic rings. The topological polar surface area (TPSA) is 107 Å². The van der Waals surface area contributed by atoms with Gasteiger partial charge in [0.2, 0.25) is 5.91 Å². The molecule has 1 aromatic carbocycles. The predicted molar refractivity (Wildman–Crippen MR) is 86.2 cm³/mol. The van der Waals surface area contributed by atoms with E-state index in [1.165, 1.54) is 19.6 Å². The molecule has 0 saturated heterocycles. The molecule has 2 rings (SSSR count). The van der Waals surface area contributed by atoms with Crippen molar-refractivity contribution in [2.75, 3.05) is 24.3 Å². The highest BCUT2D eigenvalue weighted by Crippen LogP contribution is 2.16. The molecule has 2 amide bonds. The number of carbonyl (C=O) groups is 2. The van der Waals surface area contributed by atoms with E-state index in [2.05, 4.69) is 10.6 Å². The Kier molecular flexibility index (Phi) is 5.90. The molecule has 23 heavy (non-hydrogen) atoms. The number of anilines is 2. The molecule has 0 aliphatic heterocycles. The molecule has 1 heterocycles. The number of ether oxygens (including phenoxy) is 1. The fraction of sp³-hybridized carbons (Fsp3) is 0.250. The van der Waals surface area contributed by atoms with Crippen molar-refractivity contribution in [2.24, 2.45) is 5.73 Å². The summed E-state index contributed by atoms with van der Waals surface area (Å²) < 4.78 is 9.94. The van der Waals surface area contributed by atoms with Gasteiger partial charge in [-0.2, -0.15) is 0 Å². The van der Waals surface area contributed by atoms with E-state index >= 15 is 0 Å². The number of methoxy groups -OCH3 is 1. The van der Waals surface area contributed by atoms with Crippen molar-refractivity contribution in [3.8, 4) is 0 Å². The van der Waals surface area contributed by atoms with Gasteiger partial charge in [-0.1, -0.05) is 6.07 Å². The van der Waals surface area contributed by atoms with E-state index < -0.39 is 0 Å². The number of nitrogens with two attached hydrogens (primary N) is 1. The van der Waals surface area contributed by atoms with Crippen LogP contribution in [0.1, 0.15) is 16.8 Å². The van der Waals surface area contributed by atoms with Crippen LogP contribution in [-0.4, -0.2) is 31.6 Å². The first-order chi connectivity index (χ1) is 11.1. The van der Waals surface area contributed by atoms with Gasteiger partial charge >= 0.3 is 0 Å². The molecule has 7 heteroatoms. The van der Waals surface area contributed by atoms with Gasteiger partial charge < -0.3 is 25.5 Å². The van der Waals surface area contributed by atoms with E-state index in [0.29, 0.717) is 16.9 Å². The van der Waals surface area contributed by atoms with Gasteiger partial charge in [-0.05, 0) is 24.3 Å². The maximum absolute atomic E-state index is 11.9. The van der Waals surface area contributed by atoms with Crippen LogP contribution in [0.5, 0.6) is 0 Å². The SMILES string of the molecule is COC(CN)CC(=O)Nc1cccc(NC(=O)c2ccoc2)c1. The average molecular weight is 317 g/mol. The van der Waals surface area contributed by atoms with E-state index in [1.807, 2.05) is 0 Å². The quantitative estimate of drug-likeness (QED) is 0.722. The zero-order valence-corrected chi connectivity index (χ0v) is 12.7. The molecule has 1 aromatic heterocycles. The minimum Gasteiger partial charge on any atom is -0.472 e. The van der Waals surface area contributed by atoms with Crippen molar-refractivity contribution in [1.29, 1.82) is 0 Å². The lowest BCUT2D eigenvalue weighted by atomic mass is 10.2. The van der Waals surface area contributed by atoms with Crippen LogP contribution in [0, 0.1) is 0 Å². The van der Waals surface area contributed by atoms with Crippen molar-refractivity contribution in [3.63, 3.8) is 0 Å². The van der Waals surface area contributed by atoms with Gasteiger partial charge in [0.25, 0.3) is 5.91 Å². The van der Waals surface area contributed by atoms with Gasteiger partial charge in [0, 0.05) is 25.0 Å². The molecule has 1 unspecified atom stereocenters. The highest BCUT2D eigenvalue weighted by atomic mass is 16.5. The summed E-state index contributed by atoms with van der Waals surface area (Å²) in [6, 6.07) is 8.43. The van der Waals surface area contributed by atoms with Crippen LogP contribution in [0.3, 0.4) is 0 Å². The van der Waals surface area contributed by atoms with Crippen molar-refractivity contribution in [2.45, 2.75) is 12.5 Å². The summed E-state index contributed by atoms with van der Waals surface area (Å²) in [5, 5.41) is 5.47. The number of rotatable bonds is 7. The summed E-state index contributed by atoms with van der Waals surface area (Å²) >= 11 is 0. The molecule has 0 fully saturated rings. The summed E-state index contributed by atoms with van der Waals surface area (Å²) in [5.41, 5.74) is 7.05. The molecule has 4 N–H and O–H groups in total. The second kappa shape index (κ2) is 8.11. The van der Waals surface area contributed by atoms with Crippen LogP contribution < -0.4 is 16.4 Å². The van der Waals surface area contributed by atoms with E-state index in [0.717, 1.165) is 0 Å². The number of nitrogens with one attached hydrogen (secondary N) is 2. The Morgan fingerprint density at radius 2 is 2.00 bits per heavy atom. The normalized spacial score (nSPS) is 11.7. The Morgan fingerprint density at radius 1 is 1.26 bits per heavy atom. The van der Waals surface area contributed by atoms with E-state index in [1.54, 1.807) is 30.3 Å². The molecule has 1 atom stereocenters. The third-order valence-corrected chi connectivity index (χ3v) is 3.20. The number of benzene rings is 1. The number of carbonyl (C=O) groups excluding carboxylic acids is 2. The second-order valence-electron chi connectivity index (χ2n) is 4.89. The molecular formula is C16H19N3O4. The summed E-state index contributed by atoms with van der Waals surface area (Å²) in [7, 11) is 1.51. The van der Waals surface area contributed by atoms with E-state index in [-0.39, 0.29) is 30.9 Å². The molecule has 0 radical (unpaired) electrons. The number of hydrogen-bond acceptors (Lipinski definition) is 5. The highest BCUT2D eigenvalue weighted by Gasteiger charge is 2.12. The zero-order chi connectivity index (χ0) is 16.7. The van der Waals surface area contributed by atoms with E-state index in [4.69, 9.17) is 14.9 Å². The molecule has 7 nitrogen and oxygen atoms in total. The third-order valence-electron chi connectivity index (χ3n) is 3.20. The monoisotopic (exact) mass is 317 g/mol. The Labute approximate surface area is 133 Å². The van der Waals surface area contributed by atoms with Gasteiger partial charge in [0.15, 0.2) is 0 Å². The van der Waals surface area contributed by atoms with Crippen LogP contribution in [0.4, 0.5) is 11.4 Å². The summed E-state index contributed by atoms with van der Waals surface area (Å²) in [6.45, 7) is 0.269. The Hall–Kier alpha value is -2.64. The van der Waals surface area contributed by atoms with Crippen molar-refractivity contribution >= 4 is 23.2 Å². The van der Waals surface area contributed by atoms with Gasteiger partial charge in [-0.3, -0.25) is 9.59 Å². The largest absolute Gasteiger partial charge is 0.472 e. The average Bonchev–Trinajstić information content (AvgIpc) is 3.07. The molecular weight excluding hydrogens is 298 g/mol. The molecule has 0 aliphatic carbocycles. The highest BCUT2D eigenvalue weighted by molar-refractivity contribution is 6.04.